The fraction of sp³-hybridized carbons (Fsp3) is 0.438. The molecule has 24 heavy (non-hydrogen) atoms. The van der Waals surface area contributed by atoms with Crippen molar-refractivity contribution >= 4 is 35.6 Å². The molecular formula is C16H21Cl2N5O. The van der Waals surface area contributed by atoms with E-state index in [1.54, 1.807) is 12.1 Å². The lowest BCUT2D eigenvalue weighted by molar-refractivity contribution is 0.102. The Morgan fingerprint density at radius 3 is 2.75 bits per heavy atom. The van der Waals surface area contributed by atoms with Gasteiger partial charge < -0.3 is 10.6 Å². The minimum atomic E-state index is -0.256. The predicted molar refractivity (Wildman–Crippen MR) is 97.3 cm³/mol. The van der Waals surface area contributed by atoms with Crippen LogP contribution in [0.4, 0.5) is 5.69 Å². The largest absolute Gasteiger partial charge is 0.320 e. The molecule has 1 saturated heterocycles. The number of hydrogen-bond acceptors (Lipinski definition) is 4. The second kappa shape index (κ2) is 7.96. The Morgan fingerprint density at radius 2 is 2.04 bits per heavy atom. The van der Waals surface area contributed by atoms with Crippen molar-refractivity contribution in [2.45, 2.75) is 32.7 Å². The molecule has 0 aliphatic carbocycles. The number of amides is 1. The van der Waals surface area contributed by atoms with Gasteiger partial charge in [0.2, 0.25) is 0 Å². The number of carbonyl (C=O) groups excluding carboxylic acids is 1. The molecule has 2 heterocycles. The minimum Gasteiger partial charge on any atom is -0.320 e. The van der Waals surface area contributed by atoms with Crippen molar-refractivity contribution in [2.75, 3.05) is 18.4 Å². The Balaban J connectivity index is 0.00000208. The quantitative estimate of drug-likeness (QED) is 0.871. The maximum absolute atomic E-state index is 12.5. The highest BCUT2D eigenvalue weighted by Crippen LogP contribution is 2.23. The van der Waals surface area contributed by atoms with Gasteiger partial charge in [0, 0.05) is 10.7 Å². The third-order valence-electron chi connectivity index (χ3n) is 4.24. The summed E-state index contributed by atoms with van der Waals surface area (Å²) in [4.78, 5) is 12.5. The lowest BCUT2D eigenvalue weighted by Gasteiger charge is -2.23. The van der Waals surface area contributed by atoms with Gasteiger partial charge in [0.25, 0.3) is 5.91 Å². The third-order valence-corrected chi connectivity index (χ3v) is 4.48. The molecule has 0 radical (unpaired) electrons. The molecule has 8 heteroatoms. The van der Waals surface area contributed by atoms with Crippen LogP contribution in [0.15, 0.2) is 18.2 Å². The summed E-state index contributed by atoms with van der Waals surface area (Å²) in [7, 11) is 0. The number of carbonyl (C=O) groups is 1. The van der Waals surface area contributed by atoms with Gasteiger partial charge in [-0.1, -0.05) is 22.9 Å². The number of benzene rings is 1. The van der Waals surface area contributed by atoms with E-state index in [4.69, 9.17) is 11.6 Å². The molecule has 1 aliphatic rings. The molecule has 1 amide bonds. The van der Waals surface area contributed by atoms with Gasteiger partial charge in [-0.25, -0.2) is 4.68 Å². The number of halogens is 2. The zero-order chi connectivity index (χ0) is 16.4. The first-order chi connectivity index (χ1) is 11.1. The van der Waals surface area contributed by atoms with Crippen molar-refractivity contribution < 1.29 is 4.79 Å². The van der Waals surface area contributed by atoms with Gasteiger partial charge in [-0.15, -0.1) is 17.5 Å². The van der Waals surface area contributed by atoms with E-state index in [9.17, 15) is 4.79 Å². The van der Waals surface area contributed by atoms with Gasteiger partial charge in [-0.05, 0) is 57.5 Å². The Hall–Kier alpha value is -1.63. The summed E-state index contributed by atoms with van der Waals surface area (Å²) in [6.45, 7) is 5.74. The Labute approximate surface area is 152 Å². The van der Waals surface area contributed by atoms with E-state index >= 15 is 0 Å². The Morgan fingerprint density at radius 1 is 1.33 bits per heavy atom. The highest BCUT2D eigenvalue weighted by Gasteiger charge is 2.23. The predicted octanol–water partition coefficient (Wildman–Crippen LogP) is 3.15. The molecule has 1 aromatic heterocycles. The molecule has 0 spiro atoms. The number of anilines is 1. The maximum atomic E-state index is 12.5. The lowest BCUT2D eigenvalue weighted by Crippen LogP contribution is -2.30. The number of hydrogen-bond donors (Lipinski definition) is 2. The van der Waals surface area contributed by atoms with Crippen molar-refractivity contribution in [1.29, 1.82) is 0 Å². The topological polar surface area (TPSA) is 71.8 Å². The molecule has 1 aliphatic heterocycles. The summed E-state index contributed by atoms with van der Waals surface area (Å²) in [5, 5.41) is 15.1. The van der Waals surface area contributed by atoms with Gasteiger partial charge in [0.15, 0.2) is 5.69 Å². The fourth-order valence-corrected chi connectivity index (χ4v) is 3.03. The average molecular weight is 370 g/mol. The van der Waals surface area contributed by atoms with E-state index in [0.29, 0.717) is 22.4 Å². The second-order valence-corrected chi connectivity index (χ2v) is 6.30. The smallest absolute Gasteiger partial charge is 0.278 e. The van der Waals surface area contributed by atoms with Crippen LogP contribution < -0.4 is 10.6 Å². The summed E-state index contributed by atoms with van der Waals surface area (Å²) in [6, 6.07) is 5.71. The highest BCUT2D eigenvalue weighted by atomic mass is 35.5. The van der Waals surface area contributed by atoms with Crippen LogP contribution in [0.5, 0.6) is 0 Å². The van der Waals surface area contributed by atoms with Gasteiger partial charge in [-0.3, -0.25) is 4.79 Å². The molecule has 130 valence electrons. The van der Waals surface area contributed by atoms with Crippen molar-refractivity contribution in [3.05, 3.63) is 40.2 Å². The average Bonchev–Trinajstić information content (AvgIpc) is 2.93. The van der Waals surface area contributed by atoms with Crippen LogP contribution in [0.1, 0.15) is 40.6 Å². The normalized spacial score (nSPS) is 15.0. The number of rotatable bonds is 3. The molecule has 0 saturated carbocycles. The van der Waals surface area contributed by atoms with Crippen molar-refractivity contribution in [2.24, 2.45) is 0 Å². The fourth-order valence-electron chi connectivity index (χ4n) is 2.86. The van der Waals surface area contributed by atoms with Crippen LogP contribution in [0.3, 0.4) is 0 Å². The molecule has 3 rings (SSSR count). The van der Waals surface area contributed by atoms with E-state index in [1.807, 2.05) is 24.6 Å². The molecule has 1 aromatic carbocycles. The monoisotopic (exact) mass is 369 g/mol. The van der Waals surface area contributed by atoms with Crippen molar-refractivity contribution in [3.63, 3.8) is 0 Å². The number of aryl methyl sites for hydroxylation is 1. The number of nitrogens with one attached hydrogen (secondary N) is 2. The van der Waals surface area contributed by atoms with E-state index in [1.165, 1.54) is 0 Å². The van der Waals surface area contributed by atoms with E-state index in [0.717, 1.165) is 37.2 Å². The first-order valence-electron chi connectivity index (χ1n) is 7.76. The maximum Gasteiger partial charge on any atom is 0.278 e. The van der Waals surface area contributed by atoms with Crippen LogP contribution in [0.2, 0.25) is 5.02 Å². The number of aromatic nitrogens is 3. The molecule has 0 atom stereocenters. The van der Waals surface area contributed by atoms with Crippen LogP contribution in [0.25, 0.3) is 0 Å². The van der Waals surface area contributed by atoms with Crippen LogP contribution in [0, 0.1) is 13.8 Å². The standard InChI is InChI=1S/C16H20ClN5O.ClH/c1-10-3-4-12(17)9-14(10)19-16(23)15-11(2)22(21-20-15)13-5-7-18-8-6-13;/h3-4,9,13,18H,5-8H2,1-2H3,(H,19,23);1H. The van der Waals surface area contributed by atoms with Crippen molar-refractivity contribution in [1.82, 2.24) is 20.3 Å². The van der Waals surface area contributed by atoms with Gasteiger partial charge >= 0.3 is 0 Å². The zero-order valence-electron chi connectivity index (χ0n) is 13.7. The summed E-state index contributed by atoms with van der Waals surface area (Å²) in [5.41, 5.74) is 2.81. The van der Waals surface area contributed by atoms with Gasteiger partial charge in [0.1, 0.15) is 0 Å². The summed E-state index contributed by atoms with van der Waals surface area (Å²) in [5.74, 6) is -0.256. The first-order valence-corrected chi connectivity index (χ1v) is 8.14. The summed E-state index contributed by atoms with van der Waals surface area (Å²) >= 11 is 5.99. The van der Waals surface area contributed by atoms with E-state index in [2.05, 4.69) is 20.9 Å². The molecule has 6 nitrogen and oxygen atoms in total. The number of piperidine rings is 1. The number of nitrogens with zero attached hydrogens (tertiary/aromatic N) is 3. The van der Waals surface area contributed by atoms with E-state index < -0.39 is 0 Å². The SMILES string of the molecule is Cc1ccc(Cl)cc1NC(=O)c1nnn(C2CCNCC2)c1C.Cl. The highest BCUT2D eigenvalue weighted by molar-refractivity contribution is 6.31. The Bertz CT molecular complexity index is 725. The first kappa shape index (κ1) is 18.7. The molecule has 1 fully saturated rings. The molecular weight excluding hydrogens is 349 g/mol. The van der Waals surface area contributed by atoms with Gasteiger partial charge in [-0.2, -0.15) is 0 Å². The van der Waals surface area contributed by atoms with Gasteiger partial charge in [0.05, 0.1) is 11.7 Å². The molecule has 0 unspecified atom stereocenters. The third kappa shape index (κ3) is 3.88. The molecule has 2 N–H and O–H groups in total. The minimum absolute atomic E-state index is 0. The van der Waals surface area contributed by atoms with Crippen molar-refractivity contribution in [3.8, 4) is 0 Å². The van der Waals surface area contributed by atoms with E-state index in [-0.39, 0.29) is 18.3 Å². The van der Waals surface area contributed by atoms with Crippen LogP contribution >= 0.6 is 24.0 Å². The summed E-state index contributed by atoms with van der Waals surface area (Å²) < 4.78 is 1.88. The van der Waals surface area contributed by atoms with Crippen LogP contribution in [-0.4, -0.2) is 34.0 Å². The zero-order valence-corrected chi connectivity index (χ0v) is 15.2. The molecule has 2 aromatic rings. The van der Waals surface area contributed by atoms with Crippen LogP contribution in [-0.2, 0) is 0 Å². The lowest BCUT2D eigenvalue weighted by atomic mass is 10.1. The second-order valence-electron chi connectivity index (χ2n) is 5.86. The molecule has 0 bridgehead atoms. The Kier molecular flexibility index (Phi) is 6.21. The summed E-state index contributed by atoms with van der Waals surface area (Å²) in [6.07, 6.45) is 2.00.